The highest BCUT2D eigenvalue weighted by molar-refractivity contribution is 6.30. The zero-order valence-electron chi connectivity index (χ0n) is 17.2. The van der Waals surface area contributed by atoms with Crippen LogP contribution < -0.4 is 5.32 Å². The summed E-state index contributed by atoms with van der Waals surface area (Å²) in [7, 11) is 0. The third-order valence-electron chi connectivity index (χ3n) is 5.01. The summed E-state index contributed by atoms with van der Waals surface area (Å²) < 4.78 is 0. The summed E-state index contributed by atoms with van der Waals surface area (Å²) in [5.74, 6) is -0.345. The van der Waals surface area contributed by atoms with Gasteiger partial charge in [0.1, 0.15) is 6.04 Å². The first-order valence-corrected chi connectivity index (χ1v) is 10.8. The van der Waals surface area contributed by atoms with Crippen molar-refractivity contribution in [3.8, 4) is 0 Å². The molecule has 3 rings (SSSR count). The van der Waals surface area contributed by atoms with Crippen molar-refractivity contribution < 1.29 is 9.59 Å². The summed E-state index contributed by atoms with van der Waals surface area (Å²) in [4.78, 5) is 27.6. The lowest BCUT2D eigenvalue weighted by Crippen LogP contribution is -2.47. The van der Waals surface area contributed by atoms with Crippen LogP contribution in [0.15, 0.2) is 78.9 Å². The Morgan fingerprint density at radius 3 is 1.94 bits per heavy atom. The van der Waals surface area contributed by atoms with E-state index < -0.39 is 6.04 Å². The fraction of sp³-hybridized carbons (Fsp3) is 0.200. The van der Waals surface area contributed by atoms with Gasteiger partial charge in [0.2, 0.25) is 11.8 Å². The molecule has 0 aromatic heterocycles. The second-order valence-corrected chi connectivity index (χ2v) is 8.20. The average Bonchev–Trinajstić information content (AvgIpc) is 2.78. The summed E-state index contributed by atoms with van der Waals surface area (Å²) in [6.07, 6.45) is 0.182. The highest BCUT2D eigenvalue weighted by Crippen LogP contribution is 2.16. The van der Waals surface area contributed by atoms with Crippen molar-refractivity contribution in [2.45, 2.75) is 32.5 Å². The van der Waals surface area contributed by atoms with Gasteiger partial charge in [0, 0.05) is 23.1 Å². The third-order valence-corrected chi connectivity index (χ3v) is 5.52. The predicted octanol–water partition coefficient (Wildman–Crippen LogP) is 5.27. The van der Waals surface area contributed by atoms with Crippen LogP contribution in [-0.4, -0.2) is 22.8 Å². The minimum atomic E-state index is -0.640. The zero-order chi connectivity index (χ0) is 22.2. The van der Waals surface area contributed by atoms with E-state index in [1.165, 1.54) is 0 Å². The minimum absolute atomic E-state index is 0.139. The Balaban J connectivity index is 1.74. The minimum Gasteiger partial charge on any atom is -0.350 e. The Morgan fingerprint density at radius 1 is 0.806 bits per heavy atom. The molecular weight excluding hydrogens is 431 g/mol. The number of benzene rings is 3. The van der Waals surface area contributed by atoms with Gasteiger partial charge in [-0.1, -0.05) is 77.8 Å². The SMILES string of the molecule is CC(C(=O)NCc1ccccc1)N(Cc1ccc(Cl)cc1)C(=O)Cc1ccc(Cl)cc1. The molecule has 1 atom stereocenters. The van der Waals surface area contributed by atoms with Gasteiger partial charge >= 0.3 is 0 Å². The number of carbonyl (C=O) groups excluding carboxylic acids is 2. The molecule has 6 heteroatoms. The van der Waals surface area contributed by atoms with E-state index in [-0.39, 0.29) is 18.2 Å². The van der Waals surface area contributed by atoms with E-state index in [0.29, 0.717) is 23.1 Å². The fourth-order valence-electron chi connectivity index (χ4n) is 3.18. The van der Waals surface area contributed by atoms with Gasteiger partial charge in [0.15, 0.2) is 0 Å². The van der Waals surface area contributed by atoms with Gasteiger partial charge in [-0.05, 0) is 47.9 Å². The molecule has 0 heterocycles. The first kappa shape index (κ1) is 22.9. The molecule has 0 fully saturated rings. The first-order chi connectivity index (χ1) is 14.9. The van der Waals surface area contributed by atoms with Gasteiger partial charge in [-0.15, -0.1) is 0 Å². The molecule has 3 aromatic rings. The molecule has 160 valence electrons. The quantitative estimate of drug-likeness (QED) is 0.503. The van der Waals surface area contributed by atoms with Crippen LogP contribution in [-0.2, 0) is 29.1 Å². The molecule has 0 bridgehead atoms. The van der Waals surface area contributed by atoms with E-state index in [0.717, 1.165) is 16.7 Å². The average molecular weight is 455 g/mol. The zero-order valence-corrected chi connectivity index (χ0v) is 18.7. The van der Waals surface area contributed by atoms with E-state index in [1.807, 2.05) is 54.6 Å². The summed E-state index contributed by atoms with van der Waals surface area (Å²) in [6, 6.07) is 23.5. The maximum absolute atomic E-state index is 13.2. The van der Waals surface area contributed by atoms with Crippen LogP contribution in [0.2, 0.25) is 10.0 Å². The molecule has 2 amide bonds. The Labute approximate surface area is 192 Å². The van der Waals surface area contributed by atoms with Crippen LogP contribution in [0.3, 0.4) is 0 Å². The van der Waals surface area contributed by atoms with E-state index in [4.69, 9.17) is 23.2 Å². The van der Waals surface area contributed by atoms with Gasteiger partial charge in [-0.25, -0.2) is 0 Å². The molecular formula is C25H24Cl2N2O2. The number of amides is 2. The van der Waals surface area contributed by atoms with Crippen molar-refractivity contribution in [2.24, 2.45) is 0 Å². The predicted molar refractivity (Wildman–Crippen MR) is 125 cm³/mol. The highest BCUT2D eigenvalue weighted by atomic mass is 35.5. The number of nitrogens with zero attached hydrogens (tertiary/aromatic N) is 1. The van der Waals surface area contributed by atoms with Gasteiger partial charge < -0.3 is 10.2 Å². The molecule has 4 nitrogen and oxygen atoms in total. The lowest BCUT2D eigenvalue weighted by Gasteiger charge is -2.29. The Kier molecular flexibility index (Phi) is 8.10. The summed E-state index contributed by atoms with van der Waals surface area (Å²) in [5.41, 5.74) is 2.74. The van der Waals surface area contributed by atoms with Crippen LogP contribution in [0.25, 0.3) is 0 Å². The number of rotatable bonds is 8. The molecule has 1 unspecified atom stereocenters. The van der Waals surface area contributed by atoms with Gasteiger partial charge in [-0.2, -0.15) is 0 Å². The van der Waals surface area contributed by atoms with Gasteiger partial charge in [-0.3, -0.25) is 9.59 Å². The lowest BCUT2D eigenvalue weighted by atomic mass is 10.1. The van der Waals surface area contributed by atoms with Crippen molar-refractivity contribution >= 4 is 35.0 Å². The molecule has 31 heavy (non-hydrogen) atoms. The number of carbonyl (C=O) groups is 2. The van der Waals surface area contributed by atoms with E-state index >= 15 is 0 Å². The molecule has 0 aliphatic carbocycles. The van der Waals surface area contributed by atoms with Crippen LogP contribution in [0.5, 0.6) is 0 Å². The molecule has 0 saturated carbocycles. The Bertz CT molecular complexity index is 1010. The largest absolute Gasteiger partial charge is 0.350 e. The third kappa shape index (κ3) is 6.84. The van der Waals surface area contributed by atoms with Crippen molar-refractivity contribution in [3.63, 3.8) is 0 Å². The van der Waals surface area contributed by atoms with E-state index in [9.17, 15) is 9.59 Å². The van der Waals surface area contributed by atoms with E-state index in [1.54, 1.807) is 36.1 Å². The standard InChI is InChI=1S/C25H24Cl2N2O2/c1-18(25(31)28-16-20-5-3-2-4-6-20)29(17-21-9-13-23(27)14-10-21)24(30)15-19-7-11-22(26)12-8-19/h2-14,18H,15-17H2,1H3,(H,28,31). The number of halogens is 2. The van der Waals surface area contributed by atoms with Crippen molar-refractivity contribution in [3.05, 3.63) is 106 Å². The van der Waals surface area contributed by atoms with Gasteiger partial charge in [0.25, 0.3) is 0 Å². The van der Waals surface area contributed by atoms with Crippen LogP contribution in [0, 0.1) is 0 Å². The molecule has 0 saturated heterocycles. The second-order valence-electron chi connectivity index (χ2n) is 7.33. The van der Waals surface area contributed by atoms with E-state index in [2.05, 4.69) is 5.32 Å². The number of hydrogen-bond donors (Lipinski definition) is 1. The van der Waals surface area contributed by atoms with Crippen LogP contribution >= 0.6 is 23.2 Å². The highest BCUT2D eigenvalue weighted by Gasteiger charge is 2.26. The maximum atomic E-state index is 13.2. The van der Waals surface area contributed by atoms with Crippen molar-refractivity contribution in [1.29, 1.82) is 0 Å². The second kappa shape index (κ2) is 11.0. The Hall–Kier alpha value is -2.82. The Morgan fingerprint density at radius 2 is 1.35 bits per heavy atom. The fourth-order valence-corrected chi connectivity index (χ4v) is 3.43. The molecule has 0 spiro atoms. The molecule has 0 radical (unpaired) electrons. The summed E-state index contributed by atoms with van der Waals surface area (Å²) in [5, 5.41) is 4.16. The van der Waals surface area contributed by atoms with Crippen molar-refractivity contribution in [1.82, 2.24) is 10.2 Å². The summed E-state index contributed by atoms with van der Waals surface area (Å²) >= 11 is 11.9. The number of nitrogens with one attached hydrogen (secondary N) is 1. The van der Waals surface area contributed by atoms with Crippen LogP contribution in [0.1, 0.15) is 23.6 Å². The topological polar surface area (TPSA) is 49.4 Å². The lowest BCUT2D eigenvalue weighted by molar-refractivity contribution is -0.140. The van der Waals surface area contributed by atoms with Gasteiger partial charge in [0.05, 0.1) is 6.42 Å². The number of hydrogen-bond acceptors (Lipinski definition) is 2. The monoisotopic (exact) mass is 454 g/mol. The molecule has 1 N–H and O–H groups in total. The van der Waals surface area contributed by atoms with Crippen LogP contribution in [0.4, 0.5) is 0 Å². The normalized spacial score (nSPS) is 11.6. The summed E-state index contributed by atoms with van der Waals surface area (Å²) in [6.45, 7) is 2.46. The molecule has 0 aliphatic heterocycles. The molecule has 0 aliphatic rings. The first-order valence-electron chi connectivity index (χ1n) is 10.0. The smallest absolute Gasteiger partial charge is 0.242 e. The van der Waals surface area contributed by atoms with Crippen molar-refractivity contribution in [2.75, 3.05) is 0 Å². The molecule has 3 aromatic carbocycles. The maximum Gasteiger partial charge on any atom is 0.242 e.